The van der Waals surface area contributed by atoms with Gasteiger partial charge in [0.1, 0.15) is 11.6 Å². The van der Waals surface area contributed by atoms with Crippen molar-refractivity contribution in [3.8, 4) is 23.7 Å². The topological polar surface area (TPSA) is 134 Å². The highest BCUT2D eigenvalue weighted by atomic mass is 16.6. The number of rotatable bonds is 7. The summed E-state index contributed by atoms with van der Waals surface area (Å²) in [4.78, 5) is 37.5. The molecule has 2 amide bonds. The Kier molecular flexibility index (Phi) is 9.15. The molecule has 0 bridgehead atoms. The summed E-state index contributed by atoms with van der Waals surface area (Å²) < 4.78 is 10.1. The lowest BCUT2D eigenvalue weighted by Crippen LogP contribution is -2.62. The van der Waals surface area contributed by atoms with Gasteiger partial charge in [0.2, 0.25) is 0 Å². The van der Waals surface area contributed by atoms with E-state index in [0.29, 0.717) is 12.0 Å². The second kappa shape index (κ2) is 11.5. The number of hydrogen-bond acceptors (Lipinski definition) is 7. The normalized spacial score (nSPS) is 16.7. The number of nitrogens with one attached hydrogen (secondary N) is 2. The van der Waals surface area contributed by atoms with Crippen molar-refractivity contribution in [3.05, 3.63) is 35.4 Å². The van der Waals surface area contributed by atoms with Crippen LogP contribution in [-0.4, -0.2) is 65.7 Å². The summed E-state index contributed by atoms with van der Waals surface area (Å²) in [5.74, 6) is 9.94. The van der Waals surface area contributed by atoms with Crippen LogP contribution in [0.4, 0.5) is 4.79 Å². The van der Waals surface area contributed by atoms with E-state index in [1.54, 1.807) is 58.9 Å². The molecule has 1 fully saturated rings. The molecule has 9 heteroatoms. The van der Waals surface area contributed by atoms with Crippen LogP contribution in [0.25, 0.3) is 0 Å². The molecular formula is C27H34N2O7. The van der Waals surface area contributed by atoms with Crippen LogP contribution in [0.5, 0.6) is 0 Å². The fraction of sp³-hybridized carbons (Fsp3) is 0.519. The zero-order chi connectivity index (χ0) is 27.1. The first-order valence-electron chi connectivity index (χ1n) is 11.5. The number of esters is 1. The molecule has 1 unspecified atom stereocenters. The monoisotopic (exact) mass is 498 g/mol. The lowest BCUT2D eigenvalue weighted by molar-refractivity contribution is -0.144. The smallest absolute Gasteiger partial charge is 0.408 e. The predicted molar refractivity (Wildman–Crippen MR) is 133 cm³/mol. The molecule has 0 radical (unpaired) electrons. The van der Waals surface area contributed by atoms with E-state index in [-0.39, 0.29) is 24.7 Å². The van der Waals surface area contributed by atoms with Crippen molar-refractivity contribution in [2.75, 3.05) is 20.3 Å². The third kappa shape index (κ3) is 7.74. The van der Waals surface area contributed by atoms with E-state index in [2.05, 4.69) is 34.3 Å². The van der Waals surface area contributed by atoms with Crippen LogP contribution in [0.3, 0.4) is 0 Å². The van der Waals surface area contributed by atoms with Crippen LogP contribution in [-0.2, 0) is 14.3 Å². The van der Waals surface area contributed by atoms with Crippen LogP contribution in [0.1, 0.15) is 57.0 Å². The van der Waals surface area contributed by atoms with E-state index >= 15 is 0 Å². The number of hydrogen-bond donors (Lipinski definition) is 4. The zero-order valence-corrected chi connectivity index (χ0v) is 21.5. The molecule has 4 N–H and O–H groups in total. The molecule has 36 heavy (non-hydrogen) atoms. The predicted octanol–water partition coefficient (Wildman–Crippen LogP) is 1.61. The van der Waals surface area contributed by atoms with Gasteiger partial charge in [0.25, 0.3) is 5.91 Å². The maximum Gasteiger partial charge on any atom is 0.408 e. The fourth-order valence-corrected chi connectivity index (χ4v) is 3.39. The van der Waals surface area contributed by atoms with E-state index in [9.17, 15) is 24.6 Å². The first kappa shape index (κ1) is 28.7. The van der Waals surface area contributed by atoms with Gasteiger partial charge in [-0.05, 0) is 77.1 Å². The summed E-state index contributed by atoms with van der Waals surface area (Å²) in [5, 5.41) is 23.8. The van der Waals surface area contributed by atoms with Crippen molar-refractivity contribution in [2.24, 2.45) is 11.3 Å². The second-order valence-corrected chi connectivity index (χ2v) is 10.3. The van der Waals surface area contributed by atoms with Gasteiger partial charge in [-0.15, -0.1) is 0 Å². The highest BCUT2D eigenvalue weighted by Crippen LogP contribution is 2.51. The fourth-order valence-electron chi connectivity index (χ4n) is 3.39. The number of alkyl carbamates (subject to hydrolysis) is 1. The molecule has 9 nitrogen and oxygen atoms in total. The van der Waals surface area contributed by atoms with Crippen molar-refractivity contribution < 1.29 is 34.1 Å². The van der Waals surface area contributed by atoms with Crippen molar-refractivity contribution in [1.29, 1.82) is 0 Å². The summed E-state index contributed by atoms with van der Waals surface area (Å²) in [6, 6.07) is 5.20. The van der Waals surface area contributed by atoms with E-state index in [1.165, 1.54) is 7.11 Å². The van der Waals surface area contributed by atoms with E-state index in [1.807, 2.05) is 0 Å². The Morgan fingerprint density at radius 2 is 1.69 bits per heavy atom. The van der Waals surface area contributed by atoms with Gasteiger partial charge in [0.15, 0.2) is 0 Å². The van der Waals surface area contributed by atoms with E-state index in [4.69, 9.17) is 9.47 Å². The van der Waals surface area contributed by atoms with Gasteiger partial charge < -0.3 is 30.3 Å². The summed E-state index contributed by atoms with van der Waals surface area (Å²) in [7, 11) is 1.19. The maximum absolute atomic E-state index is 12.8. The number of carbonyl (C=O) groups is 3. The number of aliphatic hydroxyl groups excluding tert-OH is 2. The zero-order valence-electron chi connectivity index (χ0n) is 21.5. The van der Waals surface area contributed by atoms with Crippen LogP contribution in [0.15, 0.2) is 24.3 Å². The number of carbonyl (C=O) groups excluding carboxylic acids is 3. The van der Waals surface area contributed by atoms with Gasteiger partial charge in [-0.1, -0.05) is 11.8 Å². The summed E-state index contributed by atoms with van der Waals surface area (Å²) in [6.07, 6.45) is -0.0865. The average Bonchev–Trinajstić information content (AvgIpc) is 3.51. The first-order valence-corrected chi connectivity index (χ1v) is 11.5. The Bertz CT molecular complexity index is 1090. The van der Waals surface area contributed by atoms with Gasteiger partial charge in [-0.25, -0.2) is 9.59 Å². The lowest BCUT2D eigenvalue weighted by Gasteiger charge is -2.34. The molecule has 1 aromatic rings. The van der Waals surface area contributed by atoms with Crippen LogP contribution in [0, 0.1) is 35.0 Å². The molecule has 1 saturated carbocycles. The average molecular weight is 499 g/mol. The molecule has 0 spiro atoms. The van der Waals surface area contributed by atoms with Crippen LogP contribution < -0.4 is 10.6 Å². The molecular weight excluding hydrogens is 464 g/mol. The Balaban J connectivity index is 2.06. The lowest BCUT2D eigenvalue weighted by atomic mass is 9.94. The van der Waals surface area contributed by atoms with Gasteiger partial charge in [0.05, 0.1) is 25.9 Å². The molecule has 1 aromatic carbocycles. The minimum atomic E-state index is -1.22. The van der Waals surface area contributed by atoms with Gasteiger partial charge in [0, 0.05) is 22.5 Å². The quantitative estimate of drug-likeness (QED) is 0.331. The molecule has 0 saturated heterocycles. The molecule has 0 heterocycles. The van der Waals surface area contributed by atoms with Gasteiger partial charge >= 0.3 is 12.1 Å². The Morgan fingerprint density at radius 1 is 1.08 bits per heavy atom. The SMILES string of the molecule is COC(=O)[C@@H](NC(=O)c1ccc(C#CC#CC2CC2(CO)CO)cc1)C(C)(C)NC(=O)OC(C)(C)C. The number of ether oxygens (including phenoxy) is 2. The summed E-state index contributed by atoms with van der Waals surface area (Å²) in [5.41, 5.74) is -1.56. The minimum absolute atomic E-state index is 0.0651. The Morgan fingerprint density at radius 3 is 2.19 bits per heavy atom. The largest absolute Gasteiger partial charge is 0.467 e. The van der Waals surface area contributed by atoms with Crippen molar-refractivity contribution in [1.82, 2.24) is 10.6 Å². The summed E-state index contributed by atoms with van der Waals surface area (Å²) in [6.45, 7) is 8.08. The van der Waals surface area contributed by atoms with E-state index < -0.39 is 40.6 Å². The Hall–Kier alpha value is -3.53. The van der Waals surface area contributed by atoms with Crippen molar-refractivity contribution in [2.45, 2.75) is 58.2 Å². The summed E-state index contributed by atoms with van der Waals surface area (Å²) >= 11 is 0. The molecule has 0 aromatic heterocycles. The highest BCUT2D eigenvalue weighted by Gasteiger charge is 2.52. The van der Waals surface area contributed by atoms with Crippen molar-refractivity contribution in [3.63, 3.8) is 0 Å². The van der Waals surface area contributed by atoms with Gasteiger partial charge in [-0.2, -0.15) is 0 Å². The number of methoxy groups -OCH3 is 1. The molecule has 1 aliphatic rings. The maximum atomic E-state index is 12.8. The highest BCUT2D eigenvalue weighted by molar-refractivity contribution is 5.97. The minimum Gasteiger partial charge on any atom is -0.467 e. The number of amides is 2. The molecule has 1 aliphatic carbocycles. The first-order chi connectivity index (χ1) is 16.8. The van der Waals surface area contributed by atoms with Gasteiger partial charge in [-0.3, -0.25) is 4.79 Å². The molecule has 194 valence electrons. The molecule has 2 rings (SSSR count). The molecule has 0 aliphatic heterocycles. The third-order valence-electron chi connectivity index (χ3n) is 5.74. The van der Waals surface area contributed by atoms with E-state index in [0.717, 1.165) is 0 Å². The number of aliphatic hydroxyl groups is 2. The number of benzene rings is 1. The van der Waals surface area contributed by atoms with Crippen LogP contribution >= 0.6 is 0 Å². The Labute approximate surface area is 211 Å². The van der Waals surface area contributed by atoms with Crippen molar-refractivity contribution >= 4 is 18.0 Å². The second-order valence-electron chi connectivity index (χ2n) is 10.3. The standard InChI is InChI=1S/C27H34N2O7/c1-25(2,3)36-24(34)29-26(4,5)21(23(33)35-6)28-22(32)19-13-11-18(12-14-19)9-7-8-10-20-15-27(20,16-30)17-31/h11-14,20-21,30-31H,15-17H2,1-6H3,(H,28,32)(H,29,34)/t20?,21-/m1/s1. The van der Waals surface area contributed by atoms with Crippen LogP contribution in [0.2, 0.25) is 0 Å². The molecule has 2 atom stereocenters. The third-order valence-corrected chi connectivity index (χ3v) is 5.74.